The van der Waals surface area contributed by atoms with E-state index in [4.69, 9.17) is 23.0 Å². The second-order valence-corrected chi connectivity index (χ2v) is 8.99. The maximum absolute atomic E-state index is 12.7. The van der Waals surface area contributed by atoms with E-state index in [2.05, 4.69) is 15.9 Å². The molecule has 0 spiro atoms. The Hall–Kier alpha value is -3.88. The van der Waals surface area contributed by atoms with E-state index in [0.29, 0.717) is 34.5 Å². The van der Waals surface area contributed by atoms with Crippen LogP contribution in [-0.2, 0) is 18.0 Å². The Kier molecular flexibility index (Phi) is 5.39. The number of fused-ring (bicyclic) bond motifs is 3. The molecule has 0 saturated carbocycles. The van der Waals surface area contributed by atoms with Crippen LogP contribution >= 0.6 is 15.9 Å². The van der Waals surface area contributed by atoms with Crippen LogP contribution in [0.1, 0.15) is 11.1 Å². The molecule has 0 N–H and O–H groups in total. The molecule has 0 fully saturated rings. The van der Waals surface area contributed by atoms with Gasteiger partial charge in [-0.25, -0.2) is 9.59 Å². The lowest BCUT2D eigenvalue weighted by Crippen LogP contribution is -2.14. The van der Waals surface area contributed by atoms with Gasteiger partial charge in [0, 0.05) is 44.1 Å². The van der Waals surface area contributed by atoms with Gasteiger partial charge in [0.15, 0.2) is 6.79 Å². The van der Waals surface area contributed by atoms with Crippen LogP contribution in [0.2, 0.25) is 0 Å². The molecule has 0 amide bonds. The summed E-state index contributed by atoms with van der Waals surface area (Å²) in [5.41, 5.74) is 2.21. The number of ether oxygens (including phenoxy) is 3. The van der Waals surface area contributed by atoms with Crippen molar-refractivity contribution in [1.82, 2.24) is 0 Å². The summed E-state index contributed by atoms with van der Waals surface area (Å²) >= 11 is 3.51. The second-order valence-electron chi connectivity index (χ2n) is 8.07. The van der Waals surface area contributed by atoms with E-state index < -0.39 is 11.3 Å². The van der Waals surface area contributed by atoms with Gasteiger partial charge in [0.25, 0.3) is 0 Å². The van der Waals surface area contributed by atoms with E-state index in [1.54, 1.807) is 36.4 Å². The summed E-state index contributed by atoms with van der Waals surface area (Å²) in [7, 11) is 0. The van der Waals surface area contributed by atoms with Crippen molar-refractivity contribution >= 4 is 37.9 Å². The molecule has 0 atom stereocenters. The zero-order valence-electron chi connectivity index (χ0n) is 18.2. The van der Waals surface area contributed by atoms with Gasteiger partial charge in [0.2, 0.25) is 0 Å². The molecule has 2 aromatic heterocycles. The summed E-state index contributed by atoms with van der Waals surface area (Å²) in [6.07, 6.45) is 0. The van der Waals surface area contributed by atoms with Gasteiger partial charge >= 0.3 is 11.3 Å². The van der Waals surface area contributed by atoms with E-state index >= 15 is 0 Å². The van der Waals surface area contributed by atoms with E-state index in [1.165, 1.54) is 6.07 Å². The molecule has 35 heavy (non-hydrogen) atoms. The van der Waals surface area contributed by atoms with Crippen molar-refractivity contribution in [2.45, 2.75) is 13.2 Å². The highest BCUT2D eigenvalue weighted by atomic mass is 79.9. The molecule has 5 aromatic rings. The highest BCUT2D eigenvalue weighted by Crippen LogP contribution is 2.34. The smallest absolute Gasteiger partial charge is 0.344 e. The van der Waals surface area contributed by atoms with Gasteiger partial charge in [-0.3, -0.25) is 0 Å². The molecule has 0 aliphatic carbocycles. The fourth-order valence-electron chi connectivity index (χ4n) is 4.23. The summed E-state index contributed by atoms with van der Waals surface area (Å²) in [4.78, 5) is 25.1. The Balaban J connectivity index is 1.37. The molecule has 6 rings (SSSR count). The predicted molar refractivity (Wildman–Crippen MR) is 133 cm³/mol. The van der Waals surface area contributed by atoms with Crippen molar-refractivity contribution in [3.8, 4) is 22.6 Å². The van der Waals surface area contributed by atoms with Gasteiger partial charge in [0.05, 0.1) is 12.2 Å². The molecule has 0 saturated heterocycles. The molecule has 0 unspecified atom stereocenters. The fourth-order valence-corrected chi connectivity index (χ4v) is 4.78. The molecule has 3 heterocycles. The zero-order chi connectivity index (χ0) is 23.9. The van der Waals surface area contributed by atoms with Gasteiger partial charge in [-0.1, -0.05) is 34.1 Å². The molecule has 1 aliphatic rings. The standard InChI is InChI=1S/C27H17BrO7/c28-18-7-16-12-31-14-33-26(16)17(8-18)13-32-19-5-6-20-21(11-25(29)34-24(20)10-19)22-9-15-3-1-2-4-23(15)35-27(22)30/h1-11H,12-14H2. The molecule has 8 heteroatoms. The van der Waals surface area contributed by atoms with E-state index in [-0.39, 0.29) is 19.0 Å². The Morgan fingerprint density at radius 3 is 2.69 bits per heavy atom. The van der Waals surface area contributed by atoms with Crippen molar-refractivity contribution < 1.29 is 23.0 Å². The third-order valence-corrected chi connectivity index (χ3v) is 6.25. The van der Waals surface area contributed by atoms with Crippen LogP contribution in [0.4, 0.5) is 0 Å². The summed E-state index contributed by atoms with van der Waals surface area (Å²) in [6, 6.07) is 19.3. The predicted octanol–water partition coefficient (Wildman–Crippen LogP) is 5.77. The van der Waals surface area contributed by atoms with Crippen LogP contribution in [0.5, 0.6) is 11.5 Å². The van der Waals surface area contributed by atoms with Crippen LogP contribution in [0.3, 0.4) is 0 Å². The summed E-state index contributed by atoms with van der Waals surface area (Å²) in [6.45, 7) is 0.897. The molecule has 7 nitrogen and oxygen atoms in total. The Morgan fingerprint density at radius 1 is 0.886 bits per heavy atom. The van der Waals surface area contributed by atoms with E-state index in [0.717, 1.165) is 26.7 Å². The molecule has 0 bridgehead atoms. The maximum Gasteiger partial charge on any atom is 0.344 e. The molecule has 1 aliphatic heterocycles. The van der Waals surface area contributed by atoms with Gasteiger partial charge in [-0.15, -0.1) is 0 Å². The number of benzene rings is 3. The van der Waals surface area contributed by atoms with Crippen molar-refractivity contribution in [3.05, 3.63) is 103 Å². The summed E-state index contributed by atoms with van der Waals surface area (Å²) in [5.74, 6) is 1.25. The average Bonchev–Trinajstić information content (AvgIpc) is 2.86. The average molecular weight is 533 g/mol. The second kappa shape index (κ2) is 8.72. The minimum absolute atomic E-state index is 0.189. The van der Waals surface area contributed by atoms with E-state index in [1.807, 2.05) is 24.3 Å². The van der Waals surface area contributed by atoms with Crippen molar-refractivity contribution in [2.75, 3.05) is 6.79 Å². The molecule has 174 valence electrons. The lowest BCUT2D eigenvalue weighted by molar-refractivity contribution is -0.0176. The van der Waals surface area contributed by atoms with Crippen LogP contribution in [-0.4, -0.2) is 6.79 Å². The molecular weight excluding hydrogens is 516 g/mol. The SMILES string of the molecule is O=c1cc(-c2cc3ccccc3oc2=O)c2ccc(OCc3cc(Br)cc4c3OCOC4)cc2o1. The third kappa shape index (κ3) is 4.11. The minimum atomic E-state index is -0.577. The summed E-state index contributed by atoms with van der Waals surface area (Å²) in [5, 5.41) is 1.35. The highest BCUT2D eigenvalue weighted by molar-refractivity contribution is 9.10. The lowest BCUT2D eigenvalue weighted by Gasteiger charge is -2.21. The van der Waals surface area contributed by atoms with Gasteiger partial charge in [0.1, 0.15) is 29.3 Å². The number of rotatable bonds is 4. The first-order chi connectivity index (χ1) is 17.0. The van der Waals surface area contributed by atoms with Crippen molar-refractivity contribution in [1.29, 1.82) is 0 Å². The number of hydrogen-bond acceptors (Lipinski definition) is 7. The van der Waals surface area contributed by atoms with Gasteiger partial charge in [-0.05, 0) is 36.4 Å². The van der Waals surface area contributed by atoms with Crippen molar-refractivity contribution in [3.63, 3.8) is 0 Å². The van der Waals surface area contributed by atoms with Crippen LogP contribution in [0, 0.1) is 0 Å². The maximum atomic E-state index is 12.7. The van der Waals surface area contributed by atoms with Crippen LogP contribution in [0.15, 0.2) is 89.6 Å². The topological polar surface area (TPSA) is 88.1 Å². The molecule has 0 radical (unpaired) electrons. The first-order valence-electron chi connectivity index (χ1n) is 10.8. The molecule has 3 aromatic carbocycles. The Bertz CT molecular complexity index is 1720. The Morgan fingerprint density at radius 2 is 1.77 bits per heavy atom. The third-order valence-electron chi connectivity index (χ3n) is 5.79. The first kappa shape index (κ1) is 21.6. The number of halogens is 1. The molecular formula is C27H17BrO7. The normalized spacial score (nSPS) is 12.9. The van der Waals surface area contributed by atoms with Crippen LogP contribution < -0.4 is 20.7 Å². The summed E-state index contributed by atoms with van der Waals surface area (Å²) < 4.78 is 28.8. The minimum Gasteiger partial charge on any atom is -0.489 e. The number of para-hydroxylation sites is 1. The quantitative estimate of drug-likeness (QED) is 0.271. The fraction of sp³-hybridized carbons (Fsp3) is 0.111. The van der Waals surface area contributed by atoms with E-state index in [9.17, 15) is 9.59 Å². The first-order valence-corrected chi connectivity index (χ1v) is 11.6. The number of hydrogen-bond donors (Lipinski definition) is 0. The Labute approximate surface area is 206 Å². The highest BCUT2D eigenvalue weighted by Gasteiger charge is 2.18. The van der Waals surface area contributed by atoms with Crippen LogP contribution in [0.25, 0.3) is 33.1 Å². The zero-order valence-corrected chi connectivity index (χ0v) is 19.8. The van der Waals surface area contributed by atoms with Gasteiger partial charge in [-0.2, -0.15) is 0 Å². The van der Waals surface area contributed by atoms with Gasteiger partial charge < -0.3 is 23.0 Å². The monoisotopic (exact) mass is 532 g/mol. The largest absolute Gasteiger partial charge is 0.489 e. The van der Waals surface area contributed by atoms with Crippen molar-refractivity contribution in [2.24, 2.45) is 0 Å². The lowest BCUT2D eigenvalue weighted by atomic mass is 10.0.